The zero-order valence-electron chi connectivity index (χ0n) is 18.3. The molecule has 0 radical (unpaired) electrons. The maximum absolute atomic E-state index is 10.1. The third-order valence-corrected chi connectivity index (χ3v) is 5.57. The quantitative estimate of drug-likeness (QED) is 0.355. The molecule has 1 aliphatic rings. The number of ether oxygens (including phenoxy) is 1. The molecule has 30 heavy (non-hydrogen) atoms. The van der Waals surface area contributed by atoms with Crippen molar-refractivity contribution < 1.29 is 9.84 Å². The molecule has 0 spiro atoms. The molecule has 0 aromatic heterocycles. The van der Waals surface area contributed by atoms with E-state index in [0.717, 1.165) is 50.1 Å². The highest BCUT2D eigenvalue weighted by Crippen LogP contribution is 2.27. The highest BCUT2D eigenvalue weighted by atomic mass is 127. The first-order valence-electron chi connectivity index (χ1n) is 10.1. The van der Waals surface area contributed by atoms with E-state index in [4.69, 9.17) is 4.74 Å². The number of methoxy groups -OCH3 is 1. The van der Waals surface area contributed by atoms with Gasteiger partial charge in [-0.15, -0.1) is 24.0 Å². The molecule has 1 saturated heterocycles. The van der Waals surface area contributed by atoms with Crippen molar-refractivity contribution in [3.8, 4) is 11.5 Å². The summed E-state index contributed by atoms with van der Waals surface area (Å²) in [5, 5.41) is 13.6. The monoisotopic (exact) mass is 524 g/mol. The molecule has 2 N–H and O–H groups in total. The number of piperazine rings is 1. The van der Waals surface area contributed by atoms with E-state index in [1.54, 1.807) is 13.2 Å². The number of benzene rings is 2. The second kappa shape index (κ2) is 10.7. The van der Waals surface area contributed by atoms with Gasteiger partial charge in [-0.1, -0.05) is 38.1 Å². The largest absolute Gasteiger partial charge is 0.506 e. The van der Waals surface area contributed by atoms with Gasteiger partial charge in [0.2, 0.25) is 0 Å². The van der Waals surface area contributed by atoms with Crippen LogP contribution in [-0.2, 0) is 5.41 Å². The van der Waals surface area contributed by atoms with Gasteiger partial charge in [-0.3, -0.25) is 4.99 Å². The molecule has 0 amide bonds. The van der Waals surface area contributed by atoms with Crippen LogP contribution in [0.25, 0.3) is 0 Å². The highest BCUT2D eigenvalue weighted by molar-refractivity contribution is 14.0. The minimum absolute atomic E-state index is 0. The van der Waals surface area contributed by atoms with Crippen molar-refractivity contribution in [3.63, 3.8) is 0 Å². The number of anilines is 1. The predicted octanol–water partition coefficient (Wildman–Crippen LogP) is 3.69. The molecule has 1 aliphatic heterocycles. The number of nitrogens with zero attached hydrogens (tertiary/aromatic N) is 3. The summed E-state index contributed by atoms with van der Waals surface area (Å²) in [6.45, 7) is 8.65. The summed E-state index contributed by atoms with van der Waals surface area (Å²) < 4.78 is 5.26. The summed E-state index contributed by atoms with van der Waals surface area (Å²) in [7, 11) is 3.52. The van der Waals surface area contributed by atoms with Crippen LogP contribution in [0.1, 0.15) is 19.4 Å². The van der Waals surface area contributed by atoms with E-state index in [9.17, 15) is 5.11 Å². The van der Waals surface area contributed by atoms with Gasteiger partial charge < -0.3 is 25.0 Å². The Morgan fingerprint density at radius 2 is 1.70 bits per heavy atom. The van der Waals surface area contributed by atoms with E-state index in [0.29, 0.717) is 5.75 Å². The van der Waals surface area contributed by atoms with Crippen LogP contribution < -0.4 is 15.0 Å². The number of nitrogens with one attached hydrogen (secondary N) is 1. The van der Waals surface area contributed by atoms with Gasteiger partial charge in [0.25, 0.3) is 0 Å². The minimum Gasteiger partial charge on any atom is -0.506 e. The molecule has 7 heteroatoms. The molecule has 2 aromatic rings. The normalized spacial score (nSPS) is 14.9. The lowest BCUT2D eigenvalue weighted by Gasteiger charge is -2.38. The van der Waals surface area contributed by atoms with Gasteiger partial charge in [0.05, 0.1) is 12.8 Å². The Kier molecular flexibility index (Phi) is 8.64. The first-order chi connectivity index (χ1) is 13.9. The lowest BCUT2D eigenvalue weighted by atomic mass is 9.84. The van der Waals surface area contributed by atoms with Crippen LogP contribution in [0, 0.1) is 0 Å². The molecule has 0 unspecified atom stereocenters. The van der Waals surface area contributed by atoms with Crippen LogP contribution in [0.3, 0.4) is 0 Å². The van der Waals surface area contributed by atoms with E-state index in [-0.39, 0.29) is 29.4 Å². The summed E-state index contributed by atoms with van der Waals surface area (Å²) in [4.78, 5) is 9.00. The third-order valence-electron chi connectivity index (χ3n) is 5.57. The zero-order valence-corrected chi connectivity index (χ0v) is 20.6. The number of halogens is 1. The van der Waals surface area contributed by atoms with Gasteiger partial charge in [-0.05, 0) is 29.8 Å². The maximum Gasteiger partial charge on any atom is 0.193 e. The molecular formula is C23H33IN4O2. The molecule has 1 fully saturated rings. The number of guanidine groups is 1. The van der Waals surface area contributed by atoms with Crippen molar-refractivity contribution in [1.29, 1.82) is 0 Å². The molecule has 3 rings (SSSR count). The fourth-order valence-corrected chi connectivity index (χ4v) is 3.67. The minimum atomic E-state index is -0.0418. The van der Waals surface area contributed by atoms with Crippen molar-refractivity contribution in [2.24, 2.45) is 4.99 Å². The molecule has 164 valence electrons. The number of aromatic hydroxyl groups is 1. The van der Waals surface area contributed by atoms with Crippen LogP contribution in [0.4, 0.5) is 5.69 Å². The van der Waals surface area contributed by atoms with E-state index >= 15 is 0 Å². The SMILES string of the molecule is CN=C(NCC(C)(C)c1ccc(OC)cc1)N1CCN(c2ccccc2O)CC1.I. The molecule has 0 saturated carbocycles. The fourth-order valence-electron chi connectivity index (χ4n) is 3.67. The molecule has 0 bridgehead atoms. The van der Waals surface area contributed by atoms with Gasteiger partial charge in [-0.2, -0.15) is 0 Å². The average molecular weight is 524 g/mol. The van der Waals surface area contributed by atoms with Crippen LogP contribution in [-0.4, -0.2) is 62.8 Å². The highest BCUT2D eigenvalue weighted by Gasteiger charge is 2.25. The standard InChI is InChI=1S/C23H32N4O2.HI/c1-23(2,18-9-11-19(29-4)12-10-18)17-25-22(24-3)27-15-13-26(14-16-27)20-7-5-6-8-21(20)28;/h5-12,28H,13-17H2,1-4H3,(H,24,25);1H. The molecule has 2 aromatic carbocycles. The predicted molar refractivity (Wildman–Crippen MR) is 135 cm³/mol. The van der Waals surface area contributed by atoms with Crippen LogP contribution in [0.15, 0.2) is 53.5 Å². The van der Waals surface area contributed by atoms with E-state index < -0.39 is 0 Å². The summed E-state index contributed by atoms with van der Waals surface area (Å²) >= 11 is 0. The third kappa shape index (κ3) is 5.71. The second-order valence-electron chi connectivity index (χ2n) is 7.98. The number of hydrogen-bond donors (Lipinski definition) is 2. The van der Waals surface area contributed by atoms with Gasteiger partial charge in [-0.25, -0.2) is 0 Å². The van der Waals surface area contributed by atoms with Crippen molar-refractivity contribution in [2.45, 2.75) is 19.3 Å². The van der Waals surface area contributed by atoms with Crippen molar-refractivity contribution in [2.75, 3.05) is 51.8 Å². The Bertz CT molecular complexity index is 831. The second-order valence-corrected chi connectivity index (χ2v) is 7.98. The van der Waals surface area contributed by atoms with E-state index in [1.165, 1.54) is 5.56 Å². The van der Waals surface area contributed by atoms with Crippen LogP contribution >= 0.6 is 24.0 Å². The Morgan fingerprint density at radius 1 is 1.07 bits per heavy atom. The van der Waals surface area contributed by atoms with Crippen molar-refractivity contribution in [1.82, 2.24) is 10.2 Å². The van der Waals surface area contributed by atoms with E-state index in [2.05, 4.69) is 46.1 Å². The number of hydrogen-bond acceptors (Lipinski definition) is 4. The van der Waals surface area contributed by atoms with Gasteiger partial charge >= 0.3 is 0 Å². The lowest BCUT2D eigenvalue weighted by Crippen LogP contribution is -2.54. The Hall–Kier alpha value is -2.16. The molecule has 6 nitrogen and oxygen atoms in total. The number of para-hydroxylation sites is 2. The smallest absolute Gasteiger partial charge is 0.193 e. The number of phenols is 1. The van der Waals surface area contributed by atoms with Crippen molar-refractivity contribution >= 4 is 35.6 Å². The lowest BCUT2D eigenvalue weighted by molar-refractivity contribution is 0.364. The molecule has 0 aliphatic carbocycles. The fraction of sp³-hybridized carbons (Fsp3) is 0.435. The summed E-state index contributed by atoms with van der Waals surface area (Å²) in [5.41, 5.74) is 2.11. The Balaban J connectivity index is 0.00000320. The van der Waals surface area contributed by atoms with E-state index in [1.807, 2.05) is 37.4 Å². The zero-order chi connectivity index (χ0) is 20.9. The Morgan fingerprint density at radius 3 is 2.27 bits per heavy atom. The summed E-state index contributed by atoms with van der Waals surface area (Å²) in [5.74, 6) is 2.13. The van der Waals surface area contributed by atoms with Gasteiger partial charge in [0, 0.05) is 45.2 Å². The first kappa shape index (κ1) is 24.1. The molecular weight excluding hydrogens is 491 g/mol. The van der Waals surface area contributed by atoms with Gasteiger partial charge in [0.1, 0.15) is 11.5 Å². The number of phenolic OH excluding ortho intramolecular Hbond substituents is 1. The molecule has 0 atom stereocenters. The van der Waals surface area contributed by atoms with Gasteiger partial charge in [0.15, 0.2) is 5.96 Å². The summed E-state index contributed by atoms with van der Waals surface area (Å²) in [6, 6.07) is 15.8. The number of rotatable bonds is 5. The summed E-state index contributed by atoms with van der Waals surface area (Å²) in [6.07, 6.45) is 0. The van der Waals surface area contributed by atoms with Crippen LogP contribution in [0.5, 0.6) is 11.5 Å². The van der Waals surface area contributed by atoms with Crippen molar-refractivity contribution in [3.05, 3.63) is 54.1 Å². The average Bonchev–Trinajstić information content (AvgIpc) is 2.75. The number of aliphatic imine (C=N–C) groups is 1. The Labute approximate surface area is 197 Å². The molecule has 1 heterocycles. The maximum atomic E-state index is 10.1. The first-order valence-corrected chi connectivity index (χ1v) is 10.1. The topological polar surface area (TPSA) is 60.3 Å². The van der Waals surface area contributed by atoms with Crippen LogP contribution in [0.2, 0.25) is 0 Å².